The van der Waals surface area contributed by atoms with Crippen molar-refractivity contribution in [3.05, 3.63) is 0 Å². The predicted molar refractivity (Wildman–Crippen MR) is 81.6 cm³/mol. The molecule has 1 rings (SSSR count). The normalized spacial score (nSPS) is 32.5. The zero-order valence-electron chi connectivity index (χ0n) is 11.2. The maximum Gasteiger partial charge on any atom is 0.280 e. The third kappa shape index (κ3) is 6.63. The number of hydrogen-bond donors (Lipinski definition) is 1. The second-order valence-electron chi connectivity index (χ2n) is 5.68. The Labute approximate surface area is 119 Å². The van der Waals surface area contributed by atoms with Crippen LogP contribution in [0, 0.1) is 11.8 Å². The van der Waals surface area contributed by atoms with Crippen molar-refractivity contribution in [2.75, 3.05) is 0 Å². The summed E-state index contributed by atoms with van der Waals surface area (Å²) in [6, 6.07) is 0.396. The molecule has 2 nitrogen and oxygen atoms in total. The van der Waals surface area contributed by atoms with Crippen molar-refractivity contribution in [3.8, 4) is 0 Å². The molecule has 3 heteroatoms. The highest BCUT2D eigenvalue weighted by Gasteiger charge is 2.19. The van der Waals surface area contributed by atoms with Crippen molar-refractivity contribution in [2.24, 2.45) is 11.8 Å². The second kappa shape index (κ2) is 8.33. The molecule has 3 atom stereocenters. The van der Waals surface area contributed by atoms with Gasteiger partial charge in [0.25, 0.3) is 3.91 Å². The number of halogens is 1. The first-order valence-electron chi connectivity index (χ1n) is 7.05. The summed E-state index contributed by atoms with van der Waals surface area (Å²) in [6.45, 7) is 4.67. The van der Waals surface area contributed by atoms with E-state index in [1.807, 2.05) is 22.6 Å². The first kappa shape index (κ1) is 15.3. The largest absolute Gasteiger partial charge is 0.345 e. The summed E-state index contributed by atoms with van der Waals surface area (Å²) in [6.07, 6.45) is 10.4. The summed E-state index contributed by atoms with van der Waals surface area (Å²) >= 11 is 1.86. The summed E-state index contributed by atoms with van der Waals surface area (Å²) in [7, 11) is 0. The van der Waals surface area contributed by atoms with Crippen LogP contribution in [0.4, 0.5) is 4.79 Å². The van der Waals surface area contributed by atoms with Gasteiger partial charge >= 0.3 is 0 Å². The van der Waals surface area contributed by atoms with E-state index in [2.05, 4.69) is 19.2 Å². The summed E-state index contributed by atoms with van der Waals surface area (Å²) in [4.78, 5) is 11.2. The summed E-state index contributed by atoms with van der Waals surface area (Å²) in [5.41, 5.74) is 0. The monoisotopic (exact) mass is 351 g/mol. The van der Waals surface area contributed by atoms with E-state index in [9.17, 15) is 4.79 Å². The Kier molecular flexibility index (Phi) is 7.47. The summed E-state index contributed by atoms with van der Waals surface area (Å²) in [5.74, 6) is 1.52. The van der Waals surface area contributed by atoms with Gasteiger partial charge in [-0.25, -0.2) is 0 Å². The van der Waals surface area contributed by atoms with Gasteiger partial charge in [-0.3, -0.25) is 4.79 Å². The minimum Gasteiger partial charge on any atom is -0.345 e. The van der Waals surface area contributed by atoms with Crippen LogP contribution < -0.4 is 5.32 Å². The number of carbonyl (C=O) groups excluding carboxylic acids is 1. The van der Waals surface area contributed by atoms with Gasteiger partial charge in [0.1, 0.15) is 0 Å². The van der Waals surface area contributed by atoms with Crippen molar-refractivity contribution >= 4 is 26.5 Å². The fourth-order valence-electron chi connectivity index (χ4n) is 2.81. The molecule has 1 aliphatic carbocycles. The molecule has 3 unspecified atom stereocenters. The van der Waals surface area contributed by atoms with Crippen LogP contribution in [-0.4, -0.2) is 9.96 Å². The Hall–Kier alpha value is 0.200. The molecule has 17 heavy (non-hydrogen) atoms. The Bertz CT molecular complexity index is 232. The number of hydrogen-bond acceptors (Lipinski definition) is 1. The number of amides is 1. The van der Waals surface area contributed by atoms with Crippen LogP contribution in [0.25, 0.3) is 0 Å². The average Bonchev–Trinajstić information content (AvgIpc) is 2.29. The third-order valence-corrected chi connectivity index (χ3v) is 4.37. The molecule has 1 fully saturated rings. The summed E-state index contributed by atoms with van der Waals surface area (Å²) < 4.78 is 0.0997. The standard InChI is InChI=1S/C14H26INO/c1-11-7-3-5-9-12(2)13(16-14(15)17)10-6-4-8-11/h11-13H,3-10H2,1-2H3,(H,16,17). The zero-order chi connectivity index (χ0) is 12.7. The van der Waals surface area contributed by atoms with Crippen LogP contribution in [0.1, 0.15) is 65.2 Å². The van der Waals surface area contributed by atoms with E-state index < -0.39 is 0 Å². The number of nitrogens with one attached hydrogen (secondary N) is 1. The molecule has 0 aromatic heterocycles. The van der Waals surface area contributed by atoms with E-state index in [1.165, 1.54) is 44.9 Å². The van der Waals surface area contributed by atoms with Gasteiger partial charge < -0.3 is 5.32 Å². The highest BCUT2D eigenvalue weighted by atomic mass is 127. The smallest absolute Gasteiger partial charge is 0.280 e. The molecule has 1 N–H and O–H groups in total. The number of rotatable bonds is 1. The molecule has 0 aromatic carbocycles. The van der Waals surface area contributed by atoms with Crippen molar-refractivity contribution in [1.82, 2.24) is 5.32 Å². The lowest BCUT2D eigenvalue weighted by Crippen LogP contribution is -2.36. The highest BCUT2D eigenvalue weighted by Crippen LogP contribution is 2.24. The molecule has 100 valence electrons. The van der Waals surface area contributed by atoms with Crippen LogP contribution >= 0.6 is 22.6 Å². The van der Waals surface area contributed by atoms with Crippen LogP contribution in [0.2, 0.25) is 0 Å². The van der Waals surface area contributed by atoms with Crippen molar-refractivity contribution in [3.63, 3.8) is 0 Å². The molecule has 0 bridgehead atoms. The maximum absolute atomic E-state index is 11.2. The minimum absolute atomic E-state index is 0.0997. The molecule has 0 aromatic rings. The van der Waals surface area contributed by atoms with Gasteiger partial charge in [-0.2, -0.15) is 0 Å². The Morgan fingerprint density at radius 3 is 2.12 bits per heavy atom. The molecular formula is C14H26INO. The van der Waals surface area contributed by atoms with Crippen LogP contribution in [0.15, 0.2) is 0 Å². The van der Waals surface area contributed by atoms with Gasteiger partial charge in [0.05, 0.1) is 0 Å². The molecule has 0 saturated heterocycles. The first-order valence-corrected chi connectivity index (χ1v) is 8.13. The second-order valence-corrected chi connectivity index (χ2v) is 6.66. The van der Waals surface area contributed by atoms with Crippen LogP contribution in [0.5, 0.6) is 0 Å². The lowest BCUT2D eigenvalue weighted by atomic mass is 9.92. The molecule has 1 amide bonds. The van der Waals surface area contributed by atoms with Crippen molar-refractivity contribution in [2.45, 2.75) is 71.3 Å². The molecule has 1 saturated carbocycles. The molecule has 0 aliphatic heterocycles. The highest BCUT2D eigenvalue weighted by molar-refractivity contribution is 14.1. The average molecular weight is 351 g/mol. The third-order valence-electron chi connectivity index (χ3n) is 4.05. The fourth-order valence-corrected chi connectivity index (χ4v) is 3.21. The van der Waals surface area contributed by atoms with Gasteiger partial charge in [-0.15, -0.1) is 0 Å². The molecular weight excluding hydrogens is 325 g/mol. The Morgan fingerprint density at radius 1 is 1.00 bits per heavy atom. The van der Waals surface area contributed by atoms with Gasteiger partial charge in [0.15, 0.2) is 0 Å². The van der Waals surface area contributed by atoms with E-state index in [-0.39, 0.29) is 3.91 Å². The molecule has 1 aliphatic rings. The van der Waals surface area contributed by atoms with E-state index in [0.717, 1.165) is 12.3 Å². The lowest BCUT2D eigenvalue weighted by Gasteiger charge is -2.24. The van der Waals surface area contributed by atoms with Crippen LogP contribution in [0.3, 0.4) is 0 Å². The summed E-state index contributed by atoms with van der Waals surface area (Å²) in [5, 5.41) is 3.13. The van der Waals surface area contributed by atoms with Crippen LogP contribution in [-0.2, 0) is 0 Å². The first-order chi connectivity index (χ1) is 8.09. The van der Waals surface area contributed by atoms with Crippen molar-refractivity contribution in [1.29, 1.82) is 0 Å². The van der Waals surface area contributed by atoms with E-state index in [0.29, 0.717) is 12.0 Å². The molecule has 0 heterocycles. The SMILES string of the molecule is CC1CCCCC(C)C(NC(=O)I)CCCC1. The van der Waals surface area contributed by atoms with Gasteiger partial charge in [-0.05, 0) is 24.7 Å². The quantitative estimate of drug-likeness (QED) is 0.406. The topological polar surface area (TPSA) is 29.1 Å². The molecule has 0 radical (unpaired) electrons. The minimum atomic E-state index is 0.0997. The predicted octanol–water partition coefficient (Wildman–Crippen LogP) is 4.91. The number of carbonyl (C=O) groups is 1. The van der Waals surface area contributed by atoms with Gasteiger partial charge in [-0.1, -0.05) is 52.4 Å². The van der Waals surface area contributed by atoms with E-state index >= 15 is 0 Å². The Morgan fingerprint density at radius 2 is 1.53 bits per heavy atom. The lowest BCUT2D eigenvalue weighted by molar-refractivity contribution is 0.251. The van der Waals surface area contributed by atoms with Gasteiger partial charge in [0, 0.05) is 28.6 Å². The van der Waals surface area contributed by atoms with E-state index in [4.69, 9.17) is 0 Å². The van der Waals surface area contributed by atoms with E-state index in [1.54, 1.807) is 0 Å². The zero-order valence-corrected chi connectivity index (χ0v) is 13.3. The molecule has 0 spiro atoms. The fraction of sp³-hybridized carbons (Fsp3) is 0.929. The van der Waals surface area contributed by atoms with Gasteiger partial charge in [0.2, 0.25) is 0 Å². The van der Waals surface area contributed by atoms with Crippen molar-refractivity contribution < 1.29 is 4.79 Å². The Balaban J connectivity index is 2.47. The maximum atomic E-state index is 11.2.